The Hall–Kier alpha value is -0.270. The monoisotopic (exact) mass is 217 g/mol. The Labute approximate surface area is 89.6 Å². The fourth-order valence-electron chi connectivity index (χ4n) is 0.823. The predicted molar refractivity (Wildman–Crippen MR) is 60.7 cm³/mol. The first-order valence-electron chi connectivity index (χ1n) is 4.33. The van der Waals surface area contributed by atoms with Crippen LogP contribution in [0, 0.1) is 17.2 Å². The molecule has 4 heteroatoms. The van der Waals surface area contributed by atoms with E-state index < -0.39 is 0 Å². The molecule has 0 aliphatic heterocycles. The molecule has 0 aromatic carbocycles. The van der Waals surface area contributed by atoms with Crippen molar-refractivity contribution >= 4 is 28.4 Å². The Bertz CT molecular complexity index is 198. The zero-order chi connectivity index (χ0) is 10.3. The molecule has 0 saturated carbocycles. The van der Waals surface area contributed by atoms with Crippen LogP contribution in [-0.4, -0.2) is 16.2 Å². The van der Waals surface area contributed by atoms with Crippen molar-refractivity contribution in [2.45, 2.75) is 32.4 Å². The van der Waals surface area contributed by atoms with Crippen LogP contribution in [0.25, 0.3) is 0 Å². The topological polar surface area (TPSA) is 33.0 Å². The van der Waals surface area contributed by atoms with Crippen molar-refractivity contribution in [1.29, 1.82) is 5.26 Å². The SMILES string of the molecule is CCOC(=S)S[C@H](C#N)CC(C)C. The van der Waals surface area contributed by atoms with Gasteiger partial charge in [-0.15, -0.1) is 0 Å². The predicted octanol–water partition coefficient (Wildman–Crippen LogP) is 2.98. The van der Waals surface area contributed by atoms with Gasteiger partial charge in [0.15, 0.2) is 0 Å². The zero-order valence-electron chi connectivity index (χ0n) is 8.24. The summed E-state index contributed by atoms with van der Waals surface area (Å²) in [4.78, 5) is 0. The maximum Gasteiger partial charge on any atom is 0.221 e. The lowest BCUT2D eigenvalue weighted by Crippen LogP contribution is -2.08. The average Bonchev–Trinajstić information content (AvgIpc) is 2.02. The molecular weight excluding hydrogens is 202 g/mol. The molecule has 13 heavy (non-hydrogen) atoms. The number of thiocarbonyl (C=S) groups is 1. The lowest BCUT2D eigenvalue weighted by Gasteiger charge is -2.11. The highest BCUT2D eigenvalue weighted by Gasteiger charge is 2.13. The van der Waals surface area contributed by atoms with Crippen LogP contribution >= 0.6 is 24.0 Å². The number of nitrogens with zero attached hydrogens (tertiary/aromatic N) is 1. The summed E-state index contributed by atoms with van der Waals surface area (Å²) in [5.74, 6) is 0.515. The minimum absolute atomic E-state index is 0.0703. The summed E-state index contributed by atoms with van der Waals surface area (Å²) in [6, 6.07) is 2.22. The normalized spacial score (nSPS) is 12.2. The molecule has 0 aromatic rings. The van der Waals surface area contributed by atoms with Gasteiger partial charge in [-0.3, -0.25) is 0 Å². The van der Waals surface area contributed by atoms with Crippen molar-refractivity contribution in [2.75, 3.05) is 6.61 Å². The second kappa shape index (κ2) is 7.16. The molecule has 0 fully saturated rings. The summed E-state index contributed by atoms with van der Waals surface area (Å²) in [6.07, 6.45) is 0.856. The Morgan fingerprint density at radius 3 is 2.62 bits per heavy atom. The Morgan fingerprint density at radius 2 is 2.23 bits per heavy atom. The molecule has 0 unspecified atom stereocenters. The maximum absolute atomic E-state index is 8.81. The molecule has 0 heterocycles. The summed E-state index contributed by atoms with van der Waals surface area (Å²) in [6.45, 7) is 6.64. The van der Waals surface area contributed by atoms with Gasteiger partial charge in [-0.25, -0.2) is 0 Å². The number of nitriles is 1. The van der Waals surface area contributed by atoms with E-state index in [0.717, 1.165) is 6.42 Å². The smallest absolute Gasteiger partial charge is 0.221 e. The average molecular weight is 217 g/mol. The molecule has 2 nitrogen and oxygen atoms in total. The van der Waals surface area contributed by atoms with Crippen LogP contribution < -0.4 is 0 Å². The van der Waals surface area contributed by atoms with E-state index in [1.807, 2.05) is 6.92 Å². The third kappa shape index (κ3) is 6.85. The molecule has 0 spiro atoms. The fraction of sp³-hybridized carbons (Fsp3) is 0.778. The first-order chi connectivity index (χ1) is 6.10. The molecule has 0 rings (SSSR count). The third-order valence-corrected chi connectivity index (χ3v) is 2.63. The minimum Gasteiger partial charge on any atom is -0.479 e. The standard InChI is InChI=1S/C9H15NOS2/c1-4-11-9(12)13-8(6-10)5-7(2)3/h7-8H,4-5H2,1-3H3/t8-/m0/s1. The van der Waals surface area contributed by atoms with Gasteiger partial charge in [0, 0.05) is 0 Å². The summed E-state index contributed by atoms with van der Waals surface area (Å²) >= 11 is 6.28. The molecule has 0 N–H and O–H groups in total. The van der Waals surface area contributed by atoms with Gasteiger partial charge in [-0.05, 0) is 31.5 Å². The van der Waals surface area contributed by atoms with Crippen molar-refractivity contribution in [3.05, 3.63) is 0 Å². The Morgan fingerprint density at radius 1 is 1.62 bits per heavy atom. The van der Waals surface area contributed by atoms with Gasteiger partial charge in [-0.1, -0.05) is 25.6 Å². The van der Waals surface area contributed by atoms with Gasteiger partial charge in [0.05, 0.1) is 12.7 Å². The van der Waals surface area contributed by atoms with E-state index in [1.165, 1.54) is 11.8 Å². The molecule has 0 saturated heterocycles. The van der Waals surface area contributed by atoms with Crippen molar-refractivity contribution in [3.63, 3.8) is 0 Å². The maximum atomic E-state index is 8.81. The summed E-state index contributed by atoms with van der Waals surface area (Å²) in [5, 5.41) is 8.74. The lowest BCUT2D eigenvalue weighted by atomic mass is 10.1. The first-order valence-corrected chi connectivity index (χ1v) is 5.62. The van der Waals surface area contributed by atoms with E-state index in [0.29, 0.717) is 16.9 Å². The zero-order valence-corrected chi connectivity index (χ0v) is 9.87. The van der Waals surface area contributed by atoms with Crippen molar-refractivity contribution < 1.29 is 4.74 Å². The van der Waals surface area contributed by atoms with Gasteiger partial charge in [0.25, 0.3) is 0 Å². The van der Waals surface area contributed by atoms with Crippen molar-refractivity contribution in [3.8, 4) is 6.07 Å². The molecule has 0 aliphatic carbocycles. The molecule has 0 amide bonds. The largest absolute Gasteiger partial charge is 0.479 e. The van der Waals surface area contributed by atoms with Crippen LogP contribution in [0.3, 0.4) is 0 Å². The van der Waals surface area contributed by atoms with Crippen LogP contribution in [-0.2, 0) is 4.74 Å². The van der Waals surface area contributed by atoms with Gasteiger partial charge < -0.3 is 4.74 Å². The number of hydrogen-bond acceptors (Lipinski definition) is 4. The highest BCUT2D eigenvalue weighted by atomic mass is 32.2. The van der Waals surface area contributed by atoms with Crippen LogP contribution in [0.1, 0.15) is 27.2 Å². The van der Waals surface area contributed by atoms with E-state index in [-0.39, 0.29) is 5.25 Å². The highest BCUT2D eigenvalue weighted by molar-refractivity contribution is 8.23. The van der Waals surface area contributed by atoms with E-state index in [9.17, 15) is 0 Å². The minimum atomic E-state index is -0.0703. The Balaban J connectivity index is 3.85. The molecule has 74 valence electrons. The fourth-order valence-corrected chi connectivity index (χ4v) is 2.24. The second-order valence-electron chi connectivity index (χ2n) is 3.05. The van der Waals surface area contributed by atoms with E-state index in [1.54, 1.807) is 0 Å². The number of ether oxygens (including phenoxy) is 1. The van der Waals surface area contributed by atoms with E-state index >= 15 is 0 Å². The van der Waals surface area contributed by atoms with Crippen LogP contribution in [0.5, 0.6) is 0 Å². The Kier molecular flexibility index (Phi) is 7.02. The number of rotatable bonds is 4. The van der Waals surface area contributed by atoms with Crippen LogP contribution in [0.2, 0.25) is 0 Å². The van der Waals surface area contributed by atoms with Gasteiger partial charge in [0.1, 0.15) is 5.25 Å². The van der Waals surface area contributed by atoms with Gasteiger partial charge >= 0.3 is 0 Å². The van der Waals surface area contributed by atoms with E-state index in [4.69, 9.17) is 22.2 Å². The molecular formula is C9H15NOS2. The van der Waals surface area contributed by atoms with Gasteiger partial charge in [0.2, 0.25) is 4.38 Å². The second-order valence-corrected chi connectivity index (χ2v) is 4.85. The summed E-state index contributed by atoms with van der Waals surface area (Å²) < 4.78 is 5.58. The molecule has 0 aliphatic rings. The molecule has 0 bridgehead atoms. The van der Waals surface area contributed by atoms with Gasteiger partial charge in [-0.2, -0.15) is 5.26 Å². The van der Waals surface area contributed by atoms with E-state index in [2.05, 4.69) is 19.9 Å². The molecule has 1 atom stereocenters. The van der Waals surface area contributed by atoms with Crippen LogP contribution in [0.4, 0.5) is 0 Å². The lowest BCUT2D eigenvalue weighted by molar-refractivity contribution is 0.346. The summed E-state index contributed by atoms with van der Waals surface area (Å²) in [7, 11) is 0. The molecule has 0 aromatic heterocycles. The third-order valence-electron chi connectivity index (χ3n) is 1.33. The van der Waals surface area contributed by atoms with Crippen molar-refractivity contribution in [2.24, 2.45) is 5.92 Å². The number of hydrogen-bond donors (Lipinski definition) is 0. The number of thioether (sulfide) groups is 1. The molecule has 0 radical (unpaired) electrons. The van der Waals surface area contributed by atoms with Crippen molar-refractivity contribution in [1.82, 2.24) is 0 Å². The quantitative estimate of drug-likeness (QED) is 0.678. The summed E-state index contributed by atoms with van der Waals surface area (Å²) in [5.41, 5.74) is 0. The highest BCUT2D eigenvalue weighted by Crippen LogP contribution is 2.20. The first kappa shape index (κ1) is 12.7. The van der Waals surface area contributed by atoms with Crippen LogP contribution in [0.15, 0.2) is 0 Å².